The smallest absolute Gasteiger partial charge is 0.237 e. The average Bonchev–Trinajstić information content (AvgIpc) is 2.93. The molecule has 4 heteroatoms. The maximum atomic E-state index is 11.7. The summed E-state index contributed by atoms with van der Waals surface area (Å²) in [6.07, 6.45) is 2.17. The quantitative estimate of drug-likeness (QED) is 0.780. The monoisotopic (exact) mass is 220 g/mol. The van der Waals surface area contributed by atoms with E-state index in [1.165, 1.54) is 0 Å². The van der Waals surface area contributed by atoms with Gasteiger partial charge in [0.1, 0.15) is 6.42 Å². The fraction of sp³-hybridized carbons (Fsp3) is 0.455. The van der Waals surface area contributed by atoms with Gasteiger partial charge in [0.25, 0.3) is 0 Å². The van der Waals surface area contributed by atoms with E-state index in [0.29, 0.717) is 12.6 Å². The summed E-state index contributed by atoms with van der Waals surface area (Å²) in [5, 5.41) is 12.6. The van der Waals surface area contributed by atoms with E-state index in [0.717, 1.165) is 18.4 Å². The molecule has 0 unspecified atom stereocenters. The van der Waals surface area contributed by atoms with Crippen LogP contribution in [0.2, 0.25) is 0 Å². The summed E-state index contributed by atoms with van der Waals surface area (Å²) in [6, 6.07) is 4.33. The summed E-state index contributed by atoms with van der Waals surface area (Å²) < 4.78 is 0. The molecule has 1 heterocycles. The van der Waals surface area contributed by atoms with Crippen LogP contribution in [0.5, 0.6) is 0 Å². The molecule has 1 saturated carbocycles. The molecule has 3 nitrogen and oxygen atoms in total. The maximum Gasteiger partial charge on any atom is 0.237 e. The van der Waals surface area contributed by atoms with Crippen molar-refractivity contribution in [1.82, 2.24) is 4.90 Å². The van der Waals surface area contributed by atoms with Crippen LogP contribution in [0.4, 0.5) is 0 Å². The predicted molar refractivity (Wildman–Crippen MR) is 58.1 cm³/mol. The first-order chi connectivity index (χ1) is 7.31. The Balaban J connectivity index is 2.01. The van der Waals surface area contributed by atoms with E-state index < -0.39 is 0 Å². The Bertz CT molecular complexity index is 376. The number of hydrogen-bond donors (Lipinski definition) is 0. The van der Waals surface area contributed by atoms with Crippen LogP contribution in [0.3, 0.4) is 0 Å². The van der Waals surface area contributed by atoms with Gasteiger partial charge in [0, 0.05) is 12.6 Å². The zero-order chi connectivity index (χ0) is 10.7. The van der Waals surface area contributed by atoms with E-state index >= 15 is 0 Å². The zero-order valence-electron chi connectivity index (χ0n) is 8.35. The highest BCUT2D eigenvalue weighted by molar-refractivity contribution is 7.07. The summed E-state index contributed by atoms with van der Waals surface area (Å²) >= 11 is 1.64. The number of thiophene rings is 1. The van der Waals surface area contributed by atoms with E-state index in [2.05, 4.69) is 5.38 Å². The molecule has 2 rings (SSSR count). The predicted octanol–water partition coefficient (Wildman–Crippen LogP) is 2.15. The van der Waals surface area contributed by atoms with Gasteiger partial charge in [-0.1, -0.05) is 0 Å². The van der Waals surface area contributed by atoms with Gasteiger partial charge < -0.3 is 4.90 Å². The molecule has 0 spiro atoms. The van der Waals surface area contributed by atoms with E-state index in [4.69, 9.17) is 5.26 Å². The summed E-state index contributed by atoms with van der Waals surface area (Å²) in [6.45, 7) is 0.661. The summed E-state index contributed by atoms with van der Waals surface area (Å²) in [7, 11) is 0. The third-order valence-corrected chi connectivity index (χ3v) is 3.20. The van der Waals surface area contributed by atoms with Crippen molar-refractivity contribution in [3.05, 3.63) is 22.4 Å². The van der Waals surface area contributed by atoms with Crippen LogP contribution in [0, 0.1) is 11.3 Å². The average molecular weight is 220 g/mol. The number of amides is 1. The van der Waals surface area contributed by atoms with Gasteiger partial charge in [0.2, 0.25) is 5.91 Å². The first-order valence-electron chi connectivity index (χ1n) is 4.99. The number of nitrogens with zero attached hydrogens (tertiary/aromatic N) is 2. The topological polar surface area (TPSA) is 44.1 Å². The molecule has 1 fully saturated rings. The molecule has 0 atom stereocenters. The number of hydrogen-bond acceptors (Lipinski definition) is 3. The molecule has 1 aliphatic carbocycles. The fourth-order valence-corrected chi connectivity index (χ4v) is 2.22. The summed E-state index contributed by atoms with van der Waals surface area (Å²) in [5.41, 5.74) is 1.16. The molecule has 15 heavy (non-hydrogen) atoms. The van der Waals surface area contributed by atoms with E-state index in [1.807, 2.05) is 22.4 Å². The van der Waals surface area contributed by atoms with Crippen molar-refractivity contribution >= 4 is 17.2 Å². The van der Waals surface area contributed by atoms with E-state index in [9.17, 15) is 4.79 Å². The molecule has 0 radical (unpaired) electrons. The van der Waals surface area contributed by atoms with Gasteiger partial charge in [-0.05, 0) is 35.2 Å². The fourth-order valence-electron chi connectivity index (χ4n) is 1.56. The molecular formula is C11H12N2OS. The van der Waals surface area contributed by atoms with Crippen molar-refractivity contribution in [1.29, 1.82) is 5.26 Å². The molecule has 1 aliphatic rings. The second-order valence-corrected chi connectivity index (χ2v) is 4.50. The van der Waals surface area contributed by atoms with Crippen LogP contribution in [0.15, 0.2) is 16.8 Å². The van der Waals surface area contributed by atoms with Crippen LogP contribution in [-0.4, -0.2) is 16.8 Å². The third kappa shape index (κ3) is 2.57. The molecule has 0 aromatic carbocycles. The second kappa shape index (κ2) is 4.45. The first-order valence-corrected chi connectivity index (χ1v) is 5.93. The van der Waals surface area contributed by atoms with Crippen LogP contribution in [0.1, 0.15) is 24.8 Å². The van der Waals surface area contributed by atoms with E-state index in [1.54, 1.807) is 11.3 Å². The Morgan fingerprint density at radius 2 is 2.47 bits per heavy atom. The van der Waals surface area contributed by atoms with E-state index in [-0.39, 0.29) is 12.3 Å². The van der Waals surface area contributed by atoms with Gasteiger partial charge in [-0.15, -0.1) is 0 Å². The Morgan fingerprint density at radius 3 is 3.00 bits per heavy atom. The lowest BCUT2D eigenvalue weighted by molar-refractivity contribution is -0.131. The van der Waals surface area contributed by atoms with Crippen LogP contribution in [0.25, 0.3) is 0 Å². The van der Waals surface area contributed by atoms with Crippen LogP contribution >= 0.6 is 11.3 Å². The Morgan fingerprint density at radius 1 is 1.67 bits per heavy atom. The highest BCUT2D eigenvalue weighted by atomic mass is 32.1. The Kier molecular flexibility index (Phi) is 3.02. The van der Waals surface area contributed by atoms with Gasteiger partial charge in [0.15, 0.2) is 0 Å². The minimum Gasteiger partial charge on any atom is -0.334 e. The molecule has 0 bridgehead atoms. The number of nitriles is 1. The third-order valence-electron chi connectivity index (χ3n) is 2.47. The maximum absolute atomic E-state index is 11.7. The molecule has 1 aromatic rings. The van der Waals surface area contributed by atoms with Crippen LogP contribution < -0.4 is 0 Å². The van der Waals surface area contributed by atoms with Gasteiger partial charge in [-0.3, -0.25) is 4.79 Å². The highest BCUT2D eigenvalue weighted by Gasteiger charge is 2.32. The Hall–Kier alpha value is -1.34. The molecule has 78 valence electrons. The minimum atomic E-state index is -0.0359. The van der Waals surface area contributed by atoms with Gasteiger partial charge in [-0.25, -0.2) is 0 Å². The number of rotatable bonds is 4. The van der Waals surface area contributed by atoms with Crippen molar-refractivity contribution in [2.24, 2.45) is 0 Å². The molecular weight excluding hydrogens is 208 g/mol. The minimum absolute atomic E-state index is 0.000632. The SMILES string of the molecule is N#CCC(=O)N(Cc1ccsc1)C1CC1. The lowest BCUT2D eigenvalue weighted by Gasteiger charge is -2.20. The second-order valence-electron chi connectivity index (χ2n) is 3.72. The molecule has 1 amide bonds. The lowest BCUT2D eigenvalue weighted by Crippen LogP contribution is -2.31. The number of carbonyl (C=O) groups excluding carboxylic acids is 1. The van der Waals surface area contributed by atoms with Gasteiger partial charge in [-0.2, -0.15) is 16.6 Å². The first kappa shape index (κ1) is 10.2. The zero-order valence-corrected chi connectivity index (χ0v) is 9.17. The van der Waals surface area contributed by atoms with Gasteiger partial charge >= 0.3 is 0 Å². The molecule has 1 aromatic heterocycles. The van der Waals surface area contributed by atoms with Crippen molar-refractivity contribution in [3.8, 4) is 6.07 Å². The molecule has 0 N–H and O–H groups in total. The summed E-state index contributed by atoms with van der Waals surface area (Å²) in [5.74, 6) is -0.0359. The van der Waals surface area contributed by atoms with Crippen molar-refractivity contribution in [2.45, 2.75) is 31.8 Å². The lowest BCUT2D eigenvalue weighted by atomic mass is 10.3. The Labute approximate surface area is 92.9 Å². The normalized spacial score (nSPS) is 14.6. The standard InChI is InChI=1S/C11H12N2OS/c12-5-3-11(14)13(10-1-2-10)7-9-4-6-15-8-9/h4,6,8,10H,1-3,7H2. The van der Waals surface area contributed by atoms with Crippen molar-refractivity contribution < 1.29 is 4.79 Å². The number of carbonyl (C=O) groups is 1. The largest absolute Gasteiger partial charge is 0.334 e. The summed E-state index contributed by atoms with van der Waals surface area (Å²) in [4.78, 5) is 13.5. The van der Waals surface area contributed by atoms with Crippen LogP contribution in [-0.2, 0) is 11.3 Å². The van der Waals surface area contributed by atoms with Gasteiger partial charge in [0.05, 0.1) is 6.07 Å². The molecule has 0 saturated heterocycles. The highest BCUT2D eigenvalue weighted by Crippen LogP contribution is 2.29. The molecule has 0 aliphatic heterocycles. The van der Waals surface area contributed by atoms with Crippen molar-refractivity contribution in [2.75, 3.05) is 0 Å². The van der Waals surface area contributed by atoms with Crippen molar-refractivity contribution in [3.63, 3.8) is 0 Å².